The number of hydrogen-bond acceptors (Lipinski definition) is 3. The molecule has 3 aromatic carbocycles. The topological polar surface area (TPSA) is 49.4 Å². The van der Waals surface area contributed by atoms with Gasteiger partial charge in [-0.25, -0.2) is 0 Å². The number of thioether (sulfide) groups is 1. The smallest absolute Gasteiger partial charge is 0.258 e. The van der Waals surface area contributed by atoms with Crippen LogP contribution >= 0.6 is 11.8 Å². The predicted octanol–water partition coefficient (Wildman–Crippen LogP) is 5.18. The normalized spacial score (nSPS) is 12.7. The van der Waals surface area contributed by atoms with Crippen LogP contribution < -0.4 is 10.2 Å². The van der Waals surface area contributed by atoms with Crippen molar-refractivity contribution in [1.82, 2.24) is 0 Å². The van der Waals surface area contributed by atoms with Crippen molar-refractivity contribution in [1.29, 1.82) is 0 Å². The average Bonchev–Trinajstić information content (AvgIpc) is 2.97. The highest BCUT2D eigenvalue weighted by atomic mass is 32.2. The first-order chi connectivity index (χ1) is 13.2. The molecule has 0 aromatic heterocycles. The van der Waals surface area contributed by atoms with E-state index in [9.17, 15) is 9.59 Å². The first-order valence-corrected chi connectivity index (χ1v) is 10.0. The van der Waals surface area contributed by atoms with E-state index in [-0.39, 0.29) is 11.8 Å². The highest BCUT2D eigenvalue weighted by Gasteiger charge is 2.29. The lowest BCUT2D eigenvalue weighted by Gasteiger charge is -2.16. The maximum Gasteiger partial charge on any atom is 0.258 e. The van der Waals surface area contributed by atoms with Gasteiger partial charge in [0, 0.05) is 33.5 Å². The molecule has 0 spiro atoms. The zero-order chi connectivity index (χ0) is 19.0. The molecule has 0 unspecified atom stereocenters. The molecular formula is C22H20N2O2S. The summed E-state index contributed by atoms with van der Waals surface area (Å²) in [5, 5.41) is 4.85. The van der Waals surface area contributed by atoms with Crippen LogP contribution in [0.15, 0.2) is 59.5 Å². The monoisotopic (exact) mass is 376 g/mol. The molecule has 2 amide bonds. The van der Waals surface area contributed by atoms with Crippen LogP contribution in [0.4, 0.5) is 11.4 Å². The second-order valence-electron chi connectivity index (χ2n) is 6.29. The summed E-state index contributed by atoms with van der Waals surface area (Å²) < 4.78 is 0. The van der Waals surface area contributed by atoms with Crippen LogP contribution in [-0.4, -0.2) is 24.1 Å². The van der Waals surface area contributed by atoms with E-state index in [0.29, 0.717) is 17.7 Å². The summed E-state index contributed by atoms with van der Waals surface area (Å²) >= 11 is 1.65. The maximum absolute atomic E-state index is 12.9. The van der Waals surface area contributed by atoms with Crippen LogP contribution in [0, 0.1) is 0 Å². The second kappa shape index (κ2) is 7.08. The fourth-order valence-electron chi connectivity index (χ4n) is 3.59. The summed E-state index contributed by atoms with van der Waals surface area (Å²) in [6.45, 7) is 4.66. The standard InChI is InChI=1S/C22H20N2O2S/c1-3-24-18-13-12-17(14-9-7-10-16(20(14)18)22(24)26)23-21(25)15-8-5-6-11-19(15)27-4-2/h5-13H,3-4H2,1-2H3,(H,23,25). The molecule has 136 valence electrons. The van der Waals surface area contributed by atoms with E-state index in [4.69, 9.17) is 0 Å². The van der Waals surface area contributed by atoms with Crippen LogP contribution in [0.25, 0.3) is 10.8 Å². The summed E-state index contributed by atoms with van der Waals surface area (Å²) in [5.41, 5.74) is 3.00. The van der Waals surface area contributed by atoms with Gasteiger partial charge in [0.15, 0.2) is 0 Å². The number of amides is 2. The molecule has 4 nitrogen and oxygen atoms in total. The van der Waals surface area contributed by atoms with Gasteiger partial charge >= 0.3 is 0 Å². The SMILES string of the molecule is CCSc1ccccc1C(=O)Nc1ccc2c3c(cccc13)C(=O)N2CC. The Kier molecular flexibility index (Phi) is 4.62. The lowest BCUT2D eigenvalue weighted by Crippen LogP contribution is -2.25. The fourth-order valence-corrected chi connectivity index (χ4v) is 4.40. The van der Waals surface area contributed by atoms with Crippen molar-refractivity contribution in [3.63, 3.8) is 0 Å². The number of nitrogens with zero attached hydrogens (tertiary/aromatic N) is 1. The van der Waals surface area contributed by atoms with Crippen molar-refractivity contribution in [3.05, 3.63) is 65.7 Å². The molecule has 4 rings (SSSR count). The van der Waals surface area contributed by atoms with Crippen LogP contribution in [0.1, 0.15) is 34.6 Å². The van der Waals surface area contributed by atoms with Gasteiger partial charge in [0.05, 0.1) is 11.3 Å². The molecule has 5 heteroatoms. The summed E-state index contributed by atoms with van der Waals surface area (Å²) in [7, 11) is 0. The molecule has 0 radical (unpaired) electrons. The van der Waals surface area contributed by atoms with E-state index < -0.39 is 0 Å². The van der Waals surface area contributed by atoms with Gasteiger partial charge in [-0.1, -0.05) is 31.2 Å². The molecule has 27 heavy (non-hydrogen) atoms. The Balaban J connectivity index is 1.76. The maximum atomic E-state index is 12.9. The van der Waals surface area contributed by atoms with E-state index in [0.717, 1.165) is 32.8 Å². The third-order valence-corrected chi connectivity index (χ3v) is 5.74. The molecule has 0 atom stereocenters. The van der Waals surface area contributed by atoms with Gasteiger partial charge in [-0.2, -0.15) is 0 Å². The number of nitrogens with one attached hydrogen (secondary N) is 1. The van der Waals surface area contributed by atoms with Crippen molar-refractivity contribution in [2.24, 2.45) is 0 Å². The number of carbonyl (C=O) groups excluding carboxylic acids is 2. The minimum atomic E-state index is -0.135. The van der Waals surface area contributed by atoms with E-state index in [1.165, 1.54) is 0 Å². The lowest BCUT2D eigenvalue weighted by atomic mass is 10.0. The average molecular weight is 376 g/mol. The Bertz CT molecular complexity index is 1060. The van der Waals surface area contributed by atoms with Gasteiger partial charge < -0.3 is 10.2 Å². The molecule has 1 N–H and O–H groups in total. The first kappa shape index (κ1) is 17.6. The Hall–Kier alpha value is -2.79. The van der Waals surface area contributed by atoms with Crippen LogP contribution in [0.3, 0.4) is 0 Å². The van der Waals surface area contributed by atoms with Crippen LogP contribution in [0.5, 0.6) is 0 Å². The van der Waals surface area contributed by atoms with Gasteiger partial charge in [0.1, 0.15) is 0 Å². The molecule has 0 saturated carbocycles. The summed E-state index contributed by atoms with van der Waals surface area (Å²) in [5.74, 6) is 0.787. The predicted molar refractivity (Wildman–Crippen MR) is 112 cm³/mol. The first-order valence-electron chi connectivity index (χ1n) is 9.06. The van der Waals surface area contributed by atoms with E-state index >= 15 is 0 Å². The lowest BCUT2D eigenvalue weighted by molar-refractivity contribution is 0.0992. The fraction of sp³-hybridized carbons (Fsp3) is 0.182. The minimum absolute atomic E-state index is 0.0197. The Morgan fingerprint density at radius 3 is 2.63 bits per heavy atom. The Morgan fingerprint density at radius 1 is 1.04 bits per heavy atom. The van der Waals surface area contributed by atoms with Gasteiger partial charge in [-0.05, 0) is 43.0 Å². The summed E-state index contributed by atoms with van der Waals surface area (Å²) in [6.07, 6.45) is 0. The third-order valence-electron chi connectivity index (χ3n) is 4.78. The van der Waals surface area contributed by atoms with Gasteiger partial charge in [0.25, 0.3) is 11.8 Å². The minimum Gasteiger partial charge on any atom is -0.321 e. The van der Waals surface area contributed by atoms with E-state index in [1.54, 1.807) is 16.7 Å². The van der Waals surface area contributed by atoms with Crippen molar-refractivity contribution in [3.8, 4) is 0 Å². The number of anilines is 2. The van der Waals surface area contributed by atoms with Gasteiger partial charge in [-0.3, -0.25) is 9.59 Å². The number of benzene rings is 3. The highest BCUT2D eigenvalue weighted by Crippen LogP contribution is 2.40. The van der Waals surface area contributed by atoms with Gasteiger partial charge in [-0.15, -0.1) is 11.8 Å². The third kappa shape index (κ3) is 2.88. The zero-order valence-corrected chi connectivity index (χ0v) is 16.1. The molecule has 1 aliphatic rings. The summed E-state index contributed by atoms with van der Waals surface area (Å²) in [4.78, 5) is 28.3. The van der Waals surface area contributed by atoms with Crippen molar-refractivity contribution < 1.29 is 9.59 Å². The van der Waals surface area contributed by atoms with Crippen molar-refractivity contribution >= 4 is 45.7 Å². The Morgan fingerprint density at radius 2 is 1.85 bits per heavy atom. The van der Waals surface area contributed by atoms with Crippen molar-refractivity contribution in [2.45, 2.75) is 18.7 Å². The molecular weight excluding hydrogens is 356 g/mol. The molecule has 0 saturated heterocycles. The molecule has 0 bridgehead atoms. The van der Waals surface area contributed by atoms with E-state index in [1.807, 2.05) is 61.5 Å². The summed E-state index contributed by atoms with van der Waals surface area (Å²) in [6, 6.07) is 17.1. The number of rotatable bonds is 5. The van der Waals surface area contributed by atoms with E-state index in [2.05, 4.69) is 12.2 Å². The largest absolute Gasteiger partial charge is 0.321 e. The number of hydrogen-bond donors (Lipinski definition) is 1. The molecule has 1 aliphatic heterocycles. The quantitative estimate of drug-likeness (QED) is 0.624. The second-order valence-corrected chi connectivity index (χ2v) is 7.60. The molecule has 0 fully saturated rings. The molecule has 3 aromatic rings. The van der Waals surface area contributed by atoms with Crippen LogP contribution in [0.2, 0.25) is 0 Å². The molecule has 1 heterocycles. The van der Waals surface area contributed by atoms with Gasteiger partial charge in [0.2, 0.25) is 0 Å². The van der Waals surface area contributed by atoms with Crippen LogP contribution in [-0.2, 0) is 0 Å². The Labute approximate surface area is 162 Å². The molecule has 0 aliphatic carbocycles. The number of carbonyl (C=O) groups is 2. The highest BCUT2D eigenvalue weighted by molar-refractivity contribution is 7.99. The zero-order valence-electron chi connectivity index (χ0n) is 15.3. The van der Waals surface area contributed by atoms with Crippen molar-refractivity contribution in [2.75, 3.05) is 22.5 Å².